The van der Waals surface area contributed by atoms with Gasteiger partial charge in [0.25, 0.3) is 6.43 Å². The fourth-order valence-electron chi connectivity index (χ4n) is 3.13. The minimum atomic E-state index is -2.70. The van der Waals surface area contributed by atoms with Crippen molar-refractivity contribution < 1.29 is 13.6 Å². The number of nitrogens with zero attached hydrogens (tertiary/aromatic N) is 5. The average molecular weight is 381 g/mol. The molecule has 0 aliphatic carbocycles. The molecule has 0 N–H and O–H groups in total. The zero-order valence-electron chi connectivity index (χ0n) is 15.5. The first-order valence-corrected chi connectivity index (χ1v) is 8.66. The lowest BCUT2D eigenvalue weighted by Crippen LogP contribution is -2.11. The van der Waals surface area contributed by atoms with Gasteiger partial charge in [-0.3, -0.25) is 9.36 Å². The van der Waals surface area contributed by atoms with Crippen LogP contribution in [0.25, 0.3) is 22.7 Å². The second-order valence-electron chi connectivity index (χ2n) is 6.63. The number of benzene rings is 1. The minimum absolute atomic E-state index is 0.212. The van der Waals surface area contributed by atoms with E-state index in [4.69, 9.17) is 0 Å². The zero-order chi connectivity index (χ0) is 20.0. The number of rotatable bonds is 4. The molecule has 1 aromatic carbocycles. The second kappa shape index (κ2) is 6.63. The van der Waals surface area contributed by atoms with Gasteiger partial charge < -0.3 is 0 Å². The number of carbonyl (C=O) groups is 1. The van der Waals surface area contributed by atoms with Crippen LogP contribution in [0.4, 0.5) is 8.78 Å². The lowest BCUT2D eigenvalue weighted by atomic mass is 10.2. The van der Waals surface area contributed by atoms with Crippen LogP contribution in [-0.2, 0) is 0 Å². The van der Waals surface area contributed by atoms with Crippen molar-refractivity contribution in [2.24, 2.45) is 0 Å². The van der Waals surface area contributed by atoms with E-state index in [2.05, 4.69) is 15.1 Å². The van der Waals surface area contributed by atoms with E-state index in [9.17, 15) is 13.6 Å². The van der Waals surface area contributed by atoms with Crippen molar-refractivity contribution in [2.75, 3.05) is 0 Å². The molecule has 0 aliphatic heterocycles. The van der Waals surface area contributed by atoms with Gasteiger partial charge in [-0.05, 0) is 56.7 Å². The van der Waals surface area contributed by atoms with Gasteiger partial charge in [0.15, 0.2) is 11.6 Å². The summed E-state index contributed by atoms with van der Waals surface area (Å²) in [5.41, 5.74) is 3.15. The fourth-order valence-corrected chi connectivity index (χ4v) is 3.13. The van der Waals surface area contributed by atoms with Crippen molar-refractivity contribution in [3.8, 4) is 11.6 Å². The van der Waals surface area contributed by atoms with Crippen LogP contribution in [0.5, 0.6) is 0 Å². The van der Waals surface area contributed by atoms with Crippen molar-refractivity contribution in [3.05, 3.63) is 65.2 Å². The number of carbonyl (C=O) groups excluding carboxylic acids is 1. The average Bonchev–Trinajstić information content (AvgIpc) is 3.24. The van der Waals surface area contributed by atoms with Gasteiger partial charge in [-0.15, -0.1) is 0 Å². The number of Topliss-reactive ketones (excluding diaryl/α,β-unsaturated/α-hetero) is 1. The van der Waals surface area contributed by atoms with Crippen molar-refractivity contribution in [1.82, 2.24) is 24.3 Å². The van der Waals surface area contributed by atoms with Gasteiger partial charge in [0.1, 0.15) is 17.8 Å². The topological polar surface area (TPSA) is 65.6 Å². The quantitative estimate of drug-likeness (QED) is 0.493. The maximum atomic E-state index is 13.1. The Bertz CT molecular complexity index is 1210. The zero-order valence-corrected chi connectivity index (χ0v) is 15.5. The molecule has 3 aromatic heterocycles. The number of ketones is 1. The molecule has 0 amide bonds. The van der Waals surface area contributed by atoms with Crippen molar-refractivity contribution in [3.63, 3.8) is 0 Å². The molecule has 0 spiro atoms. The number of alkyl halides is 2. The molecule has 0 saturated heterocycles. The molecular formula is C20H17F2N5O. The molecular weight excluding hydrogens is 364 g/mol. The molecule has 0 bridgehead atoms. The lowest BCUT2D eigenvalue weighted by molar-refractivity contribution is 0.101. The summed E-state index contributed by atoms with van der Waals surface area (Å²) in [6.07, 6.45) is -1.06. The maximum absolute atomic E-state index is 13.1. The molecule has 0 atom stereocenters. The van der Waals surface area contributed by atoms with Crippen LogP contribution in [0.15, 0.2) is 42.7 Å². The first-order chi connectivity index (χ1) is 13.3. The SMILES string of the molecule is CC(=O)c1ccc(-n2cnc3ccc(C)cc32)nc1-n1nc(C(F)F)cc1C. The Kier molecular flexibility index (Phi) is 4.26. The van der Waals surface area contributed by atoms with Crippen LogP contribution in [0.1, 0.15) is 40.7 Å². The molecule has 4 aromatic rings. The van der Waals surface area contributed by atoms with E-state index in [-0.39, 0.29) is 17.3 Å². The van der Waals surface area contributed by atoms with Gasteiger partial charge in [0, 0.05) is 5.69 Å². The van der Waals surface area contributed by atoms with Crippen LogP contribution in [-0.4, -0.2) is 30.1 Å². The standard InChI is InChI=1S/C20H17F2N5O/c1-11-4-6-15-17(8-11)26(10-23-15)18-7-5-14(13(3)28)20(24-18)27-12(2)9-16(25-27)19(21)22/h4-10,19H,1-3H3. The molecule has 0 radical (unpaired) electrons. The van der Waals surface area contributed by atoms with E-state index in [0.29, 0.717) is 17.1 Å². The van der Waals surface area contributed by atoms with Crippen LogP contribution in [0.3, 0.4) is 0 Å². The normalized spacial score (nSPS) is 11.5. The van der Waals surface area contributed by atoms with Gasteiger partial charge in [0.2, 0.25) is 0 Å². The van der Waals surface area contributed by atoms with Gasteiger partial charge in [-0.1, -0.05) is 6.07 Å². The summed E-state index contributed by atoms with van der Waals surface area (Å²) in [5, 5.41) is 3.95. The first-order valence-electron chi connectivity index (χ1n) is 8.66. The number of aromatic nitrogens is 5. The van der Waals surface area contributed by atoms with Crippen LogP contribution in [0.2, 0.25) is 0 Å². The third-order valence-corrected chi connectivity index (χ3v) is 4.52. The van der Waals surface area contributed by atoms with Crippen molar-refractivity contribution in [1.29, 1.82) is 0 Å². The van der Waals surface area contributed by atoms with E-state index < -0.39 is 6.43 Å². The summed E-state index contributed by atoms with van der Waals surface area (Å²) < 4.78 is 29.2. The Morgan fingerprint density at radius 3 is 2.57 bits per heavy atom. The summed E-state index contributed by atoms with van der Waals surface area (Å²) in [7, 11) is 0. The summed E-state index contributed by atoms with van der Waals surface area (Å²) >= 11 is 0. The number of pyridine rings is 1. The largest absolute Gasteiger partial charge is 0.294 e. The number of imidazole rings is 1. The molecule has 6 nitrogen and oxygen atoms in total. The predicted molar refractivity (Wildman–Crippen MR) is 100 cm³/mol. The smallest absolute Gasteiger partial charge is 0.282 e. The molecule has 0 saturated carbocycles. The predicted octanol–water partition coefficient (Wildman–Crippen LogP) is 4.36. The van der Waals surface area contributed by atoms with Gasteiger partial charge >= 0.3 is 0 Å². The molecule has 0 unspecified atom stereocenters. The highest BCUT2D eigenvalue weighted by Gasteiger charge is 2.20. The van der Waals surface area contributed by atoms with E-state index >= 15 is 0 Å². The molecule has 0 fully saturated rings. The van der Waals surface area contributed by atoms with Gasteiger partial charge in [-0.2, -0.15) is 5.10 Å². The highest BCUT2D eigenvalue weighted by molar-refractivity contribution is 5.97. The Labute approximate surface area is 159 Å². The molecule has 4 rings (SSSR count). The Morgan fingerprint density at radius 1 is 1.11 bits per heavy atom. The third-order valence-electron chi connectivity index (χ3n) is 4.52. The first kappa shape index (κ1) is 18.0. The van der Waals surface area contributed by atoms with E-state index in [1.54, 1.807) is 30.0 Å². The van der Waals surface area contributed by atoms with Crippen LogP contribution in [0, 0.1) is 13.8 Å². The summed E-state index contributed by atoms with van der Waals surface area (Å²) in [5.74, 6) is 0.499. The molecule has 142 valence electrons. The van der Waals surface area contributed by atoms with E-state index in [1.165, 1.54) is 17.7 Å². The van der Waals surface area contributed by atoms with Gasteiger partial charge in [0.05, 0.1) is 16.6 Å². The third kappa shape index (κ3) is 2.96. The van der Waals surface area contributed by atoms with Crippen molar-refractivity contribution >= 4 is 16.8 Å². The highest BCUT2D eigenvalue weighted by atomic mass is 19.3. The molecule has 3 heterocycles. The summed E-state index contributed by atoms with van der Waals surface area (Å²) in [4.78, 5) is 21.1. The molecule has 8 heteroatoms. The Morgan fingerprint density at radius 2 is 1.89 bits per heavy atom. The maximum Gasteiger partial charge on any atom is 0.282 e. The number of fused-ring (bicyclic) bond motifs is 1. The summed E-state index contributed by atoms with van der Waals surface area (Å²) in [6.45, 7) is 5.03. The molecule has 28 heavy (non-hydrogen) atoms. The van der Waals surface area contributed by atoms with E-state index in [0.717, 1.165) is 16.6 Å². The summed E-state index contributed by atoms with van der Waals surface area (Å²) in [6, 6.07) is 10.5. The Hall–Kier alpha value is -3.42. The van der Waals surface area contributed by atoms with Crippen LogP contribution >= 0.6 is 0 Å². The number of halogens is 2. The highest BCUT2D eigenvalue weighted by Crippen LogP contribution is 2.24. The number of hydrogen-bond donors (Lipinski definition) is 0. The van der Waals surface area contributed by atoms with E-state index in [1.807, 2.05) is 25.1 Å². The van der Waals surface area contributed by atoms with Crippen LogP contribution < -0.4 is 0 Å². The second-order valence-corrected chi connectivity index (χ2v) is 6.63. The van der Waals surface area contributed by atoms with Crippen molar-refractivity contribution in [2.45, 2.75) is 27.2 Å². The molecule has 0 aliphatic rings. The lowest BCUT2D eigenvalue weighted by Gasteiger charge is -2.11. The fraction of sp³-hybridized carbons (Fsp3) is 0.200. The minimum Gasteiger partial charge on any atom is -0.294 e. The number of hydrogen-bond acceptors (Lipinski definition) is 4. The van der Waals surface area contributed by atoms with Gasteiger partial charge in [-0.25, -0.2) is 23.4 Å². The monoisotopic (exact) mass is 381 g/mol. The Balaban J connectivity index is 1.93. The number of aryl methyl sites for hydroxylation is 2.